The van der Waals surface area contributed by atoms with Gasteiger partial charge in [-0.2, -0.15) is 0 Å². The summed E-state index contributed by atoms with van der Waals surface area (Å²) in [5, 5.41) is 29.5. The zero-order valence-electron chi connectivity index (χ0n) is 5.33. The maximum absolute atomic E-state index is 8.25. The van der Waals surface area contributed by atoms with Gasteiger partial charge in [-0.1, -0.05) is 0 Å². The molecule has 0 saturated heterocycles. The van der Waals surface area contributed by atoms with Crippen LogP contribution in [-0.2, 0) is 3.48 Å². The van der Waals surface area contributed by atoms with Crippen LogP contribution in [-0.4, -0.2) is 37.3 Å². The fourth-order valence-electron chi connectivity index (χ4n) is 0. The zero-order chi connectivity index (χ0) is 9.86. The van der Waals surface area contributed by atoms with Crippen LogP contribution in [0.25, 0.3) is 0 Å². The van der Waals surface area contributed by atoms with E-state index >= 15 is 0 Å². The molecule has 0 aromatic carbocycles. The molecule has 62 valence electrons. The third-order valence-corrected chi connectivity index (χ3v) is 0. The summed E-state index contributed by atoms with van der Waals surface area (Å²) in [6.07, 6.45) is 0. The molecule has 0 amide bonds. The number of nitrogens with zero attached hydrogens (tertiary/aromatic N) is 2. The second-order valence-corrected chi connectivity index (χ2v) is 2.57. The molecule has 11 heteroatoms. The third-order valence-electron chi connectivity index (χ3n) is 0. The molecule has 0 aliphatic carbocycles. The molecule has 0 aliphatic rings. The van der Waals surface area contributed by atoms with Gasteiger partial charge in [0.25, 0.3) is 0 Å². The van der Waals surface area contributed by atoms with Crippen molar-refractivity contribution in [2.45, 2.75) is 0 Å². The Hall–Kier alpha value is -0.891. The van der Waals surface area contributed by atoms with E-state index in [0.29, 0.717) is 0 Å². The summed E-state index contributed by atoms with van der Waals surface area (Å²) in [4.78, 5) is 16.5. The van der Waals surface area contributed by atoms with Gasteiger partial charge in [0.15, 0.2) is 0 Å². The van der Waals surface area contributed by atoms with Gasteiger partial charge < -0.3 is 30.6 Å². The number of hydrogen-bond acceptors (Lipinski definition) is 7. The van der Waals surface area contributed by atoms with Gasteiger partial charge in [0, 0.05) is 0 Å². The van der Waals surface area contributed by atoms with Gasteiger partial charge >= 0.3 is 30.6 Å². The van der Waals surface area contributed by atoms with Gasteiger partial charge in [0.1, 0.15) is 0 Å². The van der Waals surface area contributed by atoms with Crippen molar-refractivity contribution < 1.29 is 13.7 Å². The summed E-state index contributed by atoms with van der Waals surface area (Å²) in [6, 6.07) is 0. The van der Waals surface area contributed by atoms with Gasteiger partial charge in [-0.15, -0.1) is 0 Å². The molecule has 0 N–H and O–H groups in total. The van der Waals surface area contributed by atoms with E-state index in [9.17, 15) is 0 Å². The molecular weight excluding hydrogens is 195 g/mol. The van der Waals surface area contributed by atoms with Gasteiger partial charge in [-0.3, -0.25) is 0 Å². The summed E-state index contributed by atoms with van der Waals surface area (Å²) in [5.74, 6) is 0. The Morgan fingerprint density at radius 1 is 1.09 bits per heavy atom. The Balaban J connectivity index is -0.0000000886. The van der Waals surface area contributed by atoms with Crippen molar-refractivity contribution in [2.24, 2.45) is 0 Å². The predicted octanol–water partition coefficient (Wildman–Crippen LogP) is -2.11. The number of hydrogen-bond donors (Lipinski definition) is 0. The van der Waals surface area contributed by atoms with Crippen molar-refractivity contribution in [1.29, 1.82) is 0 Å². The Morgan fingerprint density at radius 3 is 1.09 bits per heavy atom. The van der Waals surface area contributed by atoms with Crippen molar-refractivity contribution in [1.82, 2.24) is 0 Å². The van der Waals surface area contributed by atoms with E-state index in [4.69, 9.17) is 30.6 Å². The van der Waals surface area contributed by atoms with Gasteiger partial charge in [-0.05, 0) is 0 Å². The first kappa shape index (κ1) is 16.6. The first-order chi connectivity index (χ1) is 4.88. The van der Waals surface area contributed by atoms with E-state index < -0.39 is 10.2 Å². The van der Waals surface area contributed by atoms with Crippen molar-refractivity contribution in [3.63, 3.8) is 0 Å². The molecule has 0 unspecified atom stereocenters. The summed E-state index contributed by atoms with van der Waals surface area (Å²) in [7, 11) is 0.832. The molecule has 0 atom stereocenters. The van der Waals surface area contributed by atoms with Crippen LogP contribution in [0, 0.1) is 30.6 Å². The fraction of sp³-hybridized carbons (Fsp3) is 0. The first-order valence-electron chi connectivity index (χ1n) is 1.74. The van der Waals surface area contributed by atoms with E-state index in [1.165, 1.54) is 0 Å². The first-order valence-corrected chi connectivity index (χ1v) is 3.03. The van der Waals surface area contributed by atoms with E-state index in [1.807, 2.05) is 0 Å². The van der Waals surface area contributed by atoms with Crippen LogP contribution in [0.1, 0.15) is 0 Å². The molecule has 0 radical (unpaired) electrons. The average Bonchev–Trinajstić information content (AvgIpc) is 1.60. The normalized spacial score (nSPS) is 6.36. The fourth-order valence-corrected chi connectivity index (χ4v) is 0. The molecule has 0 aliphatic heterocycles. The minimum absolute atomic E-state index is 0.832. The summed E-state index contributed by atoms with van der Waals surface area (Å²) in [6.45, 7) is 0. The van der Waals surface area contributed by atoms with Crippen LogP contribution in [0.15, 0.2) is 0 Å². The van der Waals surface area contributed by atoms with Crippen LogP contribution in [0.3, 0.4) is 0 Å². The molecule has 0 fully saturated rings. The molecule has 9 nitrogen and oxygen atoms in total. The second kappa shape index (κ2) is 16.0. The van der Waals surface area contributed by atoms with E-state index in [2.05, 4.69) is 20.1 Å². The molecular formula is H3AlN2O7Si. The van der Waals surface area contributed by atoms with Gasteiger partial charge in [0.2, 0.25) is 0 Å². The van der Waals surface area contributed by atoms with Crippen molar-refractivity contribution >= 4 is 27.1 Å². The van der Waals surface area contributed by atoms with Crippen LogP contribution >= 0.6 is 0 Å². The Kier molecular flexibility index (Phi) is 24.2. The van der Waals surface area contributed by atoms with E-state index in [0.717, 1.165) is 10.5 Å². The second-order valence-electron chi connectivity index (χ2n) is 0.683. The molecule has 0 rings (SSSR count). The third kappa shape index (κ3) is 580. The monoisotopic (exact) mass is 198 g/mol. The van der Waals surface area contributed by atoms with E-state index in [1.54, 1.807) is 0 Å². The Labute approximate surface area is 72.1 Å². The quantitative estimate of drug-likeness (QED) is 0.246. The summed E-state index contributed by atoms with van der Waals surface area (Å²) >= 11 is 2.14. The van der Waals surface area contributed by atoms with Crippen molar-refractivity contribution in [2.75, 3.05) is 0 Å². The Bertz CT molecular complexity index is 84.6. The zero-order valence-corrected chi connectivity index (χ0v) is 8.48. The van der Waals surface area contributed by atoms with Crippen molar-refractivity contribution in [3.8, 4) is 0 Å². The summed E-state index contributed by atoms with van der Waals surface area (Å²) in [5.41, 5.74) is 0. The molecule has 0 aromatic heterocycles. The van der Waals surface area contributed by atoms with Crippen LogP contribution < -0.4 is 0 Å². The van der Waals surface area contributed by atoms with Crippen molar-refractivity contribution in [3.05, 3.63) is 30.6 Å². The SMILES string of the molecule is O=[N+]([O-])[O-].O=[N+]([O-])[O-].[Al+2][O][SiH3]. The molecule has 0 aromatic rings. The Morgan fingerprint density at radius 2 is 1.09 bits per heavy atom. The summed E-state index contributed by atoms with van der Waals surface area (Å²) < 4.78 is 4.31. The standard InChI is InChI=1S/Al.2NO3.H3OSi/c;2*2-1(3)4;1-2/h;;;2H3/q+3;3*-1. The molecule has 0 saturated carbocycles. The van der Waals surface area contributed by atoms with Crippen LogP contribution in [0.2, 0.25) is 0 Å². The van der Waals surface area contributed by atoms with E-state index in [-0.39, 0.29) is 0 Å². The van der Waals surface area contributed by atoms with Gasteiger partial charge in [-0.25, -0.2) is 0 Å². The molecule has 0 heterocycles. The minimum atomic E-state index is -1.75. The van der Waals surface area contributed by atoms with Crippen LogP contribution in [0.5, 0.6) is 0 Å². The number of rotatable bonds is 0. The predicted molar refractivity (Wildman–Crippen MR) is 37.5 cm³/mol. The molecule has 0 bridgehead atoms. The van der Waals surface area contributed by atoms with Gasteiger partial charge in [0.05, 0.1) is 10.2 Å². The average molecular weight is 198 g/mol. The topological polar surface area (TPSA) is 142 Å². The molecule has 11 heavy (non-hydrogen) atoms. The van der Waals surface area contributed by atoms with Crippen LogP contribution in [0.4, 0.5) is 0 Å². The molecule has 0 spiro atoms. The maximum atomic E-state index is 8.25.